The van der Waals surface area contributed by atoms with E-state index in [1.807, 2.05) is 0 Å². The van der Waals surface area contributed by atoms with Crippen LogP contribution in [0.1, 0.15) is 74.9 Å². The first kappa shape index (κ1) is 26.6. The number of aromatic nitrogens is 1. The van der Waals surface area contributed by atoms with E-state index in [4.69, 9.17) is 4.98 Å². The summed E-state index contributed by atoms with van der Waals surface area (Å²) in [5, 5.41) is 0. The first-order valence-electron chi connectivity index (χ1n) is 16.2. The largest absolute Gasteiger partial charge is 0.247 e. The van der Waals surface area contributed by atoms with Crippen molar-refractivity contribution in [3.63, 3.8) is 0 Å². The van der Waals surface area contributed by atoms with E-state index in [1.54, 1.807) is 0 Å². The van der Waals surface area contributed by atoms with E-state index in [9.17, 15) is 0 Å². The third-order valence-electron chi connectivity index (χ3n) is 11.3. The van der Waals surface area contributed by atoms with Gasteiger partial charge in [-0.15, -0.1) is 0 Å². The Morgan fingerprint density at radius 1 is 0.356 bits per heavy atom. The fourth-order valence-electron chi connectivity index (χ4n) is 8.67. The second-order valence-corrected chi connectivity index (χ2v) is 14.8. The molecule has 1 heteroatoms. The molecule has 0 fully saturated rings. The third-order valence-corrected chi connectivity index (χ3v) is 11.3. The standard InChI is InChI=1S/C44H37N/c1-42(2)35-14-10-8-12-33(35)41-36(42)21-22-40(45-41)28-17-20-32-31-19-16-27(24-38(31)44(5,6)39(32)25-28)26-15-18-30-29-11-7-9-13-34(29)43(3,4)37(30)23-26/h7-25H,1-6H3. The molecule has 0 atom stereocenters. The molecule has 6 aromatic rings. The summed E-state index contributed by atoms with van der Waals surface area (Å²) in [6, 6.07) is 43.3. The number of fused-ring (bicyclic) bond motifs is 9. The summed E-state index contributed by atoms with van der Waals surface area (Å²) >= 11 is 0. The molecule has 3 aliphatic carbocycles. The van der Waals surface area contributed by atoms with Gasteiger partial charge in [0.15, 0.2) is 0 Å². The number of hydrogen-bond acceptors (Lipinski definition) is 1. The summed E-state index contributed by atoms with van der Waals surface area (Å²) in [6.07, 6.45) is 0. The van der Waals surface area contributed by atoms with Gasteiger partial charge in [0.05, 0.1) is 11.4 Å². The van der Waals surface area contributed by atoms with Gasteiger partial charge in [0.25, 0.3) is 0 Å². The van der Waals surface area contributed by atoms with Gasteiger partial charge in [0.2, 0.25) is 0 Å². The molecule has 45 heavy (non-hydrogen) atoms. The van der Waals surface area contributed by atoms with Crippen molar-refractivity contribution in [3.8, 4) is 55.9 Å². The van der Waals surface area contributed by atoms with Gasteiger partial charge in [-0.2, -0.15) is 0 Å². The van der Waals surface area contributed by atoms with Crippen LogP contribution in [0.15, 0.2) is 115 Å². The lowest BCUT2D eigenvalue weighted by atomic mass is 9.80. The zero-order valence-electron chi connectivity index (χ0n) is 26.9. The molecule has 3 aliphatic rings. The smallest absolute Gasteiger partial charge is 0.0753 e. The van der Waals surface area contributed by atoms with E-state index in [0.29, 0.717) is 0 Å². The fourth-order valence-corrected chi connectivity index (χ4v) is 8.67. The van der Waals surface area contributed by atoms with Crippen LogP contribution in [-0.4, -0.2) is 4.98 Å². The van der Waals surface area contributed by atoms with Crippen molar-refractivity contribution in [2.24, 2.45) is 0 Å². The summed E-state index contributed by atoms with van der Waals surface area (Å²) in [6.45, 7) is 14.1. The van der Waals surface area contributed by atoms with Crippen LogP contribution in [-0.2, 0) is 16.2 Å². The van der Waals surface area contributed by atoms with Crippen LogP contribution >= 0.6 is 0 Å². The van der Waals surface area contributed by atoms with Crippen molar-refractivity contribution in [1.82, 2.24) is 4.98 Å². The van der Waals surface area contributed by atoms with E-state index < -0.39 is 0 Å². The van der Waals surface area contributed by atoms with Crippen LogP contribution in [0.4, 0.5) is 0 Å². The Morgan fingerprint density at radius 3 is 1.38 bits per heavy atom. The highest BCUT2D eigenvalue weighted by Gasteiger charge is 2.39. The molecule has 0 saturated carbocycles. The van der Waals surface area contributed by atoms with Crippen LogP contribution in [0, 0.1) is 0 Å². The first-order valence-corrected chi connectivity index (χ1v) is 16.2. The summed E-state index contributed by atoms with van der Waals surface area (Å²) in [5.74, 6) is 0. The fraction of sp³-hybridized carbons (Fsp3) is 0.205. The highest BCUT2D eigenvalue weighted by molar-refractivity contribution is 5.88. The maximum absolute atomic E-state index is 5.29. The zero-order valence-corrected chi connectivity index (χ0v) is 26.9. The topological polar surface area (TPSA) is 12.9 Å². The molecule has 0 aliphatic heterocycles. The van der Waals surface area contributed by atoms with Crippen LogP contribution in [0.25, 0.3) is 55.9 Å². The average Bonchev–Trinajstić information content (AvgIpc) is 3.53. The molecular weight excluding hydrogens is 542 g/mol. The predicted octanol–water partition coefficient (Wildman–Crippen LogP) is 11.3. The van der Waals surface area contributed by atoms with Crippen molar-refractivity contribution in [2.45, 2.75) is 57.8 Å². The Morgan fingerprint density at radius 2 is 0.778 bits per heavy atom. The van der Waals surface area contributed by atoms with Gasteiger partial charge in [-0.25, -0.2) is 4.98 Å². The minimum atomic E-state index is -0.117. The molecule has 0 radical (unpaired) electrons. The lowest BCUT2D eigenvalue weighted by Gasteiger charge is -2.23. The third kappa shape index (κ3) is 3.47. The Bertz CT molecular complexity index is 2240. The SMILES string of the molecule is CC1(C)c2ccccc2-c2ccc(-c3ccc4c(c3)C(C)(C)c3cc(-c5ccc6c(n5)-c5ccccc5C6(C)C)ccc3-4)cc21. The number of rotatable bonds is 2. The van der Waals surface area contributed by atoms with Gasteiger partial charge in [-0.3, -0.25) is 0 Å². The molecule has 0 N–H and O–H groups in total. The van der Waals surface area contributed by atoms with Crippen LogP contribution in [0.5, 0.6) is 0 Å². The maximum Gasteiger partial charge on any atom is 0.0753 e. The summed E-state index contributed by atoms with van der Waals surface area (Å²) in [5.41, 5.74) is 20.7. The highest BCUT2D eigenvalue weighted by Crippen LogP contribution is 2.53. The summed E-state index contributed by atoms with van der Waals surface area (Å²) < 4.78 is 0. The molecule has 0 unspecified atom stereocenters. The van der Waals surface area contributed by atoms with Crippen molar-refractivity contribution >= 4 is 0 Å². The molecular formula is C44H37N. The molecule has 5 aromatic carbocycles. The Kier molecular flexibility index (Phi) is 5.15. The van der Waals surface area contributed by atoms with Crippen molar-refractivity contribution in [1.29, 1.82) is 0 Å². The van der Waals surface area contributed by atoms with E-state index in [2.05, 4.69) is 157 Å². The second-order valence-electron chi connectivity index (χ2n) is 14.8. The lowest BCUT2D eigenvalue weighted by molar-refractivity contribution is 0.659. The average molecular weight is 580 g/mol. The van der Waals surface area contributed by atoms with Crippen LogP contribution in [0.3, 0.4) is 0 Å². The van der Waals surface area contributed by atoms with Gasteiger partial charge in [0.1, 0.15) is 0 Å². The number of hydrogen-bond donors (Lipinski definition) is 0. The van der Waals surface area contributed by atoms with Crippen molar-refractivity contribution < 1.29 is 0 Å². The zero-order chi connectivity index (χ0) is 30.9. The maximum atomic E-state index is 5.29. The van der Waals surface area contributed by atoms with Crippen LogP contribution in [0.2, 0.25) is 0 Å². The van der Waals surface area contributed by atoms with E-state index in [1.165, 1.54) is 77.9 Å². The Hall–Kier alpha value is -4.75. The quantitative estimate of drug-likeness (QED) is 0.199. The molecule has 0 spiro atoms. The van der Waals surface area contributed by atoms with Crippen molar-refractivity contribution in [3.05, 3.63) is 149 Å². The van der Waals surface area contributed by atoms with Crippen LogP contribution < -0.4 is 0 Å². The monoisotopic (exact) mass is 579 g/mol. The predicted molar refractivity (Wildman–Crippen MR) is 188 cm³/mol. The van der Waals surface area contributed by atoms with Gasteiger partial charge in [-0.1, -0.05) is 133 Å². The van der Waals surface area contributed by atoms with E-state index >= 15 is 0 Å². The summed E-state index contributed by atoms with van der Waals surface area (Å²) in [4.78, 5) is 5.29. The number of nitrogens with zero attached hydrogens (tertiary/aromatic N) is 1. The lowest BCUT2D eigenvalue weighted by Crippen LogP contribution is -2.15. The van der Waals surface area contributed by atoms with Gasteiger partial charge in [-0.05, 0) is 91.0 Å². The van der Waals surface area contributed by atoms with E-state index in [0.717, 1.165) is 11.4 Å². The molecule has 9 rings (SSSR count). The van der Waals surface area contributed by atoms with Gasteiger partial charge in [0, 0.05) is 27.4 Å². The van der Waals surface area contributed by atoms with Crippen molar-refractivity contribution in [2.75, 3.05) is 0 Å². The Labute approximate surface area is 266 Å². The van der Waals surface area contributed by atoms with Gasteiger partial charge < -0.3 is 0 Å². The molecule has 1 aromatic heterocycles. The normalized spacial score (nSPS) is 16.8. The minimum Gasteiger partial charge on any atom is -0.247 e. The molecule has 1 nitrogen and oxygen atoms in total. The molecule has 218 valence electrons. The summed E-state index contributed by atoms with van der Waals surface area (Å²) in [7, 11) is 0. The molecule has 0 bridgehead atoms. The van der Waals surface area contributed by atoms with E-state index in [-0.39, 0.29) is 16.2 Å². The van der Waals surface area contributed by atoms with Gasteiger partial charge >= 0.3 is 0 Å². The molecule has 0 amide bonds. The molecule has 0 saturated heterocycles. The molecule has 1 heterocycles. The second kappa shape index (κ2) is 8.70. The highest BCUT2D eigenvalue weighted by atomic mass is 14.7. The number of benzene rings is 5. The Balaban J connectivity index is 1.10. The number of pyridine rings is 1. The minimum absolute atomic E-state index is 0.00596. The first-order chi connectivity index (χ1) is 21.6.